The van der Waals surface area contributed by atoms with E-state index in [1.807, 2.05) is 0 Å². The molecule has 2 aliphatic heterocycles. The van der Waals surface area contributed by atoms with Crippen molar-refractivity contribution in [3.63, 3.8) is 0 Å². The number of hydrogen-bond donors (Lipinski definition) is 2. The van der Waals surface area contributed by atoms with E-state index in [1.54, 1.807) is 0 Å². The second-order valence-corrected chi connectivity index (χ2v) is 8.51. The molecular formula is C14H19N3O5S. The lowest BCUT2D eigenvalue weighted by atomic mass is 9.96. The quantitative estimate of drug-likeness (QED) is 0.796. The minimum absolute atomic E-state index is 0.00336. The van der Waals surface area contributed by atoms with Gasteiger partial charge < -0.3 is 15.0 Å². The number of aliphatic carboxylic acids is 1. The maximum atomic E-state index is 12.6. The van der Waals surface area contributed by atoms with Crippen molar-refractivity contribution in [1.29, 1.82) is 0 Å². The maximum Gasteiger partial charge on any atom is 0.326 e. The van der Waals surface area contributed by atoms with Crippen LogP contribution in [0, 0.1) is 5.92 Å². The van der Waals surface area contributed by atoms with E-state index < -0.39 is 21.8 Å². The summed E-state index contributed by atoms with van der Waals surface area (Å²) in [6.45, 7) is 0.205. The van der Waals surface area contributed by atoms with Crippen molar-refractivity contribution in [3.8, 4) is 0 Å². The third kappa shape index (κ3) is 3.39. The van der Waals surface area contributed by atoms with Crippen LogP contribution in [0.15, 0.2) is 6.33 Å². The minimum atomic E-state index is -2.97. The van der Waals surface area contributed by atoms with E-state index in [4.69, 9.17) is 0 Å². The van der Waals surface area contributed by atoms with Crippen LogP contribution in [-0.4, -0.2) is 57.8 Å². The van der Waals surface area contributed by atoms with Crippen LogP contribution in [0.25, 0.3) is 0 Å². The summed E-state index contributed by atoms with van der Waals surface area (Å²) in [5, 5.41) is 9.38. The molecule has 0 aromatic carbocycles. The van der Waals surface area contributed by atoms with E-state index in [0.717, 1.165) is 5.69 Å². The van der Waals surface area contributed by atoms with Crippen LogP contribution in [0.3, 0.4) is 0 Å². The number of hydrogen-bond acceptors (Lipinski definition) is 5. The van der Waals surface area contributed by atoms with Gasteiger partial charge in [-0.05, 0) is 18.8 Å². The number of nitrogens with zero attached hydrogens (tertiary/aromatic N) is 2. The van der Waals surface area contributed by atoms with Crippen molar-refractivity contribution in [2.75, 3.05) is 11.5 Å². The van der Waals surface area contributed by atoms with Gasteiger partial charge >= 0.3 is 5.97 Å². The summed E-state index contributed by atoms with van der Waals surface area (Å²) < 4.78 is 22.9. The molecular weight excluding hydrogens is 322 g/mol. The highest BCUT2D eigenvalue weighted by atomic mass is 32.2. The largest absolute Gasteiger partial charge is 0.480 e. The first kappa shape index (κ1) is 16.0. The third-order valence-electron chi connectivity index (χ3n) is 4.64. The molecule has 0 aliphatic carbocycles. The van der Waals surface area contributed by atoms with Crippen molar-refractivity contribution >= 4 is 21.7 Å². The number of carbonyl (C=O) groups excluding carboxylic acids is 1. The summed E-state index contributed by atoms with van der Waals surface area (Å²) in [6.07, 6.45) is 2.83. The molecule has 1 atom stereocenters. The number of sulfone groups is 1. The van der Waals surface area contributed by atoms with E-state index in [9.17, 15) is 23.1 Å². The first-order valence-corrected chi connectivity index (χ1v) is 9.41. The molecule has 2 N–H and O–H groups in total. The van der Waals surface area contributed by atoms with Gasteiger partial charge in [-0.15, -0.1) is 0 Å². The molecule has 1 amide bonds. The molecule has 9 heteroatoms. The van der Waals surface area contributed by atoms with E-state index in [2.05, 4.69) is 9.97 Å². The topological polar surface area (TPSA) is 120 Å². The number of amides is 1. The number of aromatic nitrogens is 2. The Morgan fingerprint density at radius 1 is 1.35 bits per heavy atom. The molecule has 1 fully saturated rings. The van der Waals surface area contributed by atoms with Gasteiger partial charge in [-0.3, -0.25) is 4.79 Å². The number of carboxylic acid groups (broad SMARTS) is 1. The Morgan fingerprint density at radius 3 is 2.70 bits per heavy atom. The number of nitrogens with one attached hydrogen (secondary N) is 1. The summed E-state index contributed by atoms with van der Waals surface area (Å²) in [7, 11) is -2.97. The van der Waals surface area contributed by atoms with Gasteiger partial charge in [0.2, 0.25) is 5.91 Å². The van der Waals surface area contributed by atoms with E-state index in [-0.39, 0.29) is 42.7 Å². The van der Waals surface area contributed by atoms with Crippen molar-refractivity contribution in [2.45, 2.75) is 38.3 Å². The van der Waals surface area contributed by atoms with Gasteiger partial charge in [0.15, 0.2) is 0 Å². The number of imidazole rings is 1. The Balaban J connectivity index is 1.69. The lowest BCUT2D eigenvalue weighted by Gasteiger charge is -2.33. The standard InChI is InChI=1S/C14H19N3O5S/c18-13(5-9-1-3-23(21,22)4-2-9)17-7-11-10(15-8-16-11)6-12(17)14(19)20/h8-9,12H,1-7H2,(H,15,16)(H,19,20)/t12-/m0/s1. The van der Waals surface area contributed by atoms with Gasteiger partial charge in [-0.25, -0.2) is 18.2 Å². The molecule has 0 radical (unpaired) electrons. The van der Waals surface area contributed by atoms with Crippen LogP contribution < -0.4 is 0 Å². The predicted molar refractivity (Wildman–Crippen MR) is 80.3 cm³/mol. The minimum Gasteiger partial charge on any atom is -0.480 e. The molecule has 8 nitrogen and oxygen atoms in total. The molecule has 3 rings (SSSR count). The highest BCUT2D eigenvalue weighted by Crippen LogP contribution is 2.26. The Kier molecular flexibility index (Phi) is 4.13. The highest BCUT2D eigenvalue weighted by molar-refractivity contribution is 7.91. The summed E-state index contributed by atoms with van der Waals surface area (Å²) in [5.41, 5.74) is 1.45. The first-order chi connectivity index (χ1) is 10.9. The van der Waals surface area contributed by atoms with Crippen molar-refractivity contribution in [3.05, 3.63) is 17.7 Å². The number of rotatable bonds is 3. The normalized spacial score (nSPS) is 24.2. The van der Waals surface area contributed by atoms with Gasteiger partial charge in [0.25, 0.3) is 0 Å². The number of H-pyrrole nitrogens is 1. The average Bonchev–Trinajstić information content (AvgIpc) is 2.95. The van der Waals surface area contributed by atoms with Gasteiger partial charge in [0, 0.05) is 12.8 Å². The summed E-state index contributed by atoms with van der Waals surface area (Å²) in [5.74, 6) is -1.06. The highest BCUT2D eigenvalue weighted by Gasteiger charge is 2.37. The van der Waals surface area contributed by atoms with Gasteiger partial charge in [-0.2, -0.15) is 0 Å². The molecule has 0 unspecified atom stereocenters. The van der Waals surface area contributed by atoms with Crippen molar-refractivity contribution in [1.82, 2.24) is 14.9 Å². The summed E-state index contributed by atoms with van der Waals surface area (Å²) in [6, 6.07) is -0.911. The molecule has 1 aromatic heterocycles. The lowest BCUT2D eigenvalue weighted by Crippen LogP contribution is -2.49. The Bertz CT molecular complexity index is 713. The average molecular weight is 341 g/mol. The number of carboxylic acids is 1. The summed E-state index contributed by atoms with van der Waals surface area (Å²) >= 11 is 0. The fourth-order valence-corrected chi connectivity index (χ4v) is 4.81. The zero-order chi connectivity index (χ0) is 16.6. The molecule has 2 aliphatic rings. The SMILES string of the molecule is O=C(O)[C@@H]1Cc2nc[nH]c2CN1C(=O)CC1CCS(=O)(=O)CC1. The second-order valence-electron chi connectivity index (χ2n) is 6.21. The van der Waals surface area contributed by atoms with Crippen LogP contribution >= 0.6 is 0 Å². The van der Waals surface area contributed by atoms with Crippen LogP contribution in [0.4, 0.5) is 0 Å². The van der Waals surface area contributed by atoms with Gasteiger partial charge in [0.05, 0.1) is 35.8 Å². The van der Waals surface area contributed by atoms with Crippen LogP contribution in [0.1, 0.15) is 30.7 Å². The molecule has 3 heterocycles. The maximum absolute atomic E-state index is 12.6. The monoisotopic (exact) mass is 341 g/mol. The van der Waals surface area contributed by atoms with Crippen LogP contribution in [-0.2, 0) is 32.4 Å². The van der Waals surface area contributed by atoms with Crippen molar-refractivity contribution in [2.24, 2.45) is 5.92 Å². The Labute approximate surface area is 133 Å². The zero-order valence-electron chi connectivity index (χ0n) is 12.6. The lowest BCUT2D eigenvalue weighted by molar-refractivity contribution is -0.152. The number of fused-ring (bicyclic) bond motifs is 1. The fraction of sp³-hybridized carbons (Fsp3) is 0.643. The molecule has 126 valence electrons. The van der Waals surface area contributed by atoms with E-state index >= 15 is 0 Å². The third-order valence-corrected chi connectivity index (χ3v) is 6.36. The zero-order valence-corrected chi connectivity index (χ0v) is 13.4. The smallest absolute Gasteiger partial charge is 0.326 e. The second kappa shape index (κ2) is 5.95. The van der Waals surface area contributed by atoms with Gasteiger partial charge in [0.1, 0.15) is 15.9 Å². The van der Waals surface area contributed by atoms with Gasteiger partial charge in [-0.1, -0.05) is 0 Å². The van der Waals surface area contributed by atoms with E-state index in [1.165, 1.54) is 11.2 Å². The first-order valence-electron chi connectivity index (χ1n) is 7.59. The summed E-state index contributed by atoms with van der Waals surface area (Å²) in [4.78, 5) is 32.4. The van der Waals surface area contributed by atoms with Crippen LogP contribution in [0.5, 0.6) is 0 Å². The Hall–Kier alpha value is -1.90. The van der Waals surface area contributed by atoms with Crippen LogP contribution in [0.2, 0.25) is 0 Å². The molecule has 1 saturated heterocycles. The molecule has 1 aromatic rings. The predicted octanol–water partition coefficient (Wildman–Crippen LogP) is -0.0375. The molecule has 0 spiro atoms. The molecule has 0 saturated carbocycles. The van der Waals surface area contributed by atoms with E-state index in [0.29, 0.717) is 18.5 Å². The molecule has 0 bridgehead atoms. The number of carbonyl (C=O) groups is 2. The Morgan fingerprint density at radius 2 is 2.04 bits per heavy atom. The fourth-order valence-electron chi connectivity index (χ4n) is 3.23. The van der Waals surface area contributed by atoms with Crippen molar-refractivity contribution < 1.29 is 23.1 Å². The molecule has 23 heavy (non-hydrogen) atoms. The number of aromatic amines is 1.